The van der Waals surface area contributed by atoms with Gasteiger partial charge in [-0.25, -0.2) is 0 Å². The summed E-state index contributed by atoms with van der Waals surface area (Å²) < 4.78 is 5.31. The first kappa shape index (κ1) is 14.7. The van der Waals surface area contributed by atoms with Crippen LogP contribution in [0.5, 0.6) is 17.2 Å². The molecule has 116 valence electrons. The van der Waals surface area contributed by atoms with Gasteiger partial charge in [-0.05, 0) is 59.4 Å². The van der Waals surface area contributed by atoms with Crippen LogP contribution in [0.3, 0.4) is 0 Å². The lowest BCUT2D eigenvalue weighted by molar-refractivity contribution is 0.400. The van der Waals surface area contributed by atoms with Crippen LogP contribution in [0, 0.1) is 0 Å². The third kappa shape index (κ3) is 2.50. The van der Waals surface area contributed by atoms with Crippen LogP contribution in [0.4, 0.5) is 0 Å². The molecular weight excluding hydrogens is 278 g/mol. The normalized spacial score (nSPS) is 17.1. The van der Waals surface area contributed by atoms with E-state index in [9.17, 15) is 10.2 Å². The van der Waals surface area contributed by atoms with E-state index in [0.717, 1.165) is 36.3 Å². The Kier molecular flexibility index (Phi) is 3.94. The van der Waals surface area contributed by atoms with Gasteiger partial charge in [0, 0.05) is 6.54 Å². The van der Waals surface area contributed by atoms with Gasteiger partial charge >= 0.3 is 0 Å². The standard InChI is InChI=1S/C18H21NO3/c1-3-11-8-13(22-2)4-5-14(11)18-15-10-17(21)16(20)9-12(15)6-7-19-18/h4-5,8-10,18-21H,3,6-7H2,1-2H3. The molecular formula is C18H21NO3. The van der Waals surface area contributed by atoms with Gasteiger partial charge in [-0.2, -0.15) is 0 Å². The Labute approximate surface area is 130 Å². The first-order chi connectivity index (χ1) is 10.6. The SMILES string of the molecule is CCc1cc(OC)ccc1C1NCCc2cc(O)c(O)cc21. The number of methoxy groups -OCH3 is 1. The van der Waals surface area contributed by atoms with E-state index in [0.29, 0.717) is 0 Å². The van der Waals surface area contributed by atoms with Gasteiger partial charge < -0.3 is 20.3 Å². The van der Waals surface area contributed by atoms with Crippen molar-refractivity contribution in [3.8, 4) is 17.2 Å². The Morgan fingerprint density at radius 2 is 1.91 bits per heavy atom. The highest BCUT2D eigenvalue weighted by Gasteiger charge is 2.24. The lowest BCUT2D eigenvalue weighted by Gasteiger charge is -2.29. The van der Waals surface area contributed by atoms with E-state index < -0.39 is 0 Å². The fraction of sp³-hybridized carbons (Fsp3) is 0.333. The van der Waals surface area contributed by atoms with Gasteiger partial charge in [0.2, 0.25) is 0 Å². The van der Waals surface area contributed by atoms with Gasteiger partial charge in [0.15, 0.2) is 11.5 Å². The topological polar surface area (TPSA) is 61.7 Å². The summed E-state index contributed by atoms with van der Waals surface area (Å²) in [6.07, 6.45) is 1.75. The zero-order valence-electron chi connectivity index (χ0n) is 12.9. The predicted octanol–water partition coefficient (Wildman–Crippen LogP) is 2.90. The molecule has 1 aliphatic heterocycles. The second-order valence-electron chi connectivity index (χ2n) is 5.60. The molecule has 1 heterocycles. The highest BCUT2D eigenvalue weighted by Crippen LogP contribution is 2.37. The summed E-state index contributed by atoms with van der Waals surface area (Å²) in [6, 6.07) is 9.47. The number of ether oxygens (including phenoxy) is 1. The minimum absolute atomic E-state index is 0.0242. The first-order valence-electron chi connectivity index (χ1n) is 7.59. The number of rotatable bonds is 3. The van der Waals surface area contributed by atoms with Gasteiger partial charge in [-0.3, -0.25) is 0 Å². The molecule has 22 heavy (non-hydrogen) atoms. The van der Waals surface area contributed by atoms with Crippen molar-refractivity contribution < 1.29 is 14.9 Å². The van der Waals surface area contributed by atoms with Gasteiger partial charge in [-0.1, -0.05) is 13.0 Å². The molecule has 2 aromatic carbocycles. The molecule has 0 radical (unpaired) electrons. The van der Waals surface area contributed by atoms with Crippen molar-refractivity contribution in [1.82, 2.24) is 5.32 Å². The summed E-state index contributed by atoms with van der Waals surface area (Å²) >= 11 is 0. The molecule has 0 aliphatic carbocycles. The predicted molar refractivity (Wildman–Crippen MR) is 85.7 cm³/mol. The maximum Gasteiger partial charge on any atom is 0.157 e. The number of phenolic OH excluding ortho intramolecular Hbond substituents is 2. The summed E-state index contributed by atoms with van der Waals surface area (Å²) in [5.41, 5.74) is 4.52. The van der Waals surface area contributed by atoms with Crippen LogP contribution in [0.25, 0.3) is 0 Å². The summed E-state index contributed by atoms with van der Waals surface area (Å²) in [5, 5.41) is 23.1. The fourth-order valence-electron chi connectivity index (χ4n) is 3.16. The second-order valence-corrected chi connectivity index (χ2v) is 5.60. The third-order valence-electron chi connectivity index (χ3n) is 4.33. The summed E-state index contributed by atoms with van der Waals surface area (Å²) in [7, 11) is 1.67. The highest BCUT2D eigenvalue weighted by molar-refractivity contribution is 5.52. The van der Waals surface area contributed by atoms with E-state index in [1.54, 1.807) is 19.2 Å². The number of nitrogens with one attached hydrogen (secondary N) is 1. The Hall–Kier alpha value is -2.20. The third-order valence-corrected chi connectivity index (χ3v) is 4.33. The Morgan fingerprint density at radius 1 is 1.14 bits per heavy atom. The molecule has 3 rings (SSSR count). The summed E-state index contributed by atoms with van der Waals surface area (Å²) in [6.45, 7) is 2.97. The van der Waals surface area contributed by atoms with Crippen molar-refractivity contribution >= 4 is 0 Å². The molecule has 0 aromatic heterocycles. The van der Waals surface area contributed by atoms with E-state index in [4.69, 9.17) is 4.74 Å². The number of hydrogen-bond donors (Lipinski definition) is 3. The zero-order chi connectivity index (χ0) is 15.7. The van der Waals surface area contributed by atoms with Crippen molar-refractivity contribution in [2.24, 2.45) is 0 Å². The zero-order valence-corrected chi connectivity index (χ0v) is 12.9. The maximum atomic E-state index is 9.85. The molecule has 1 aliphatic rings. The van der Waals surface area contributed by atoms with Crippen molar-refractivity contribution in [2.45, 2.75) is 25.8 Å². The molecule has 2 aromatic rings. The molecule has 0 bridgehead atoms. The van der Waals surface area contributed by atoms with Crippen LogP contribution in [-0.2, 0) is 12.8 Å². The minimum Gasteiger partial charge on any atom is -0.504 e. The number of benzene rings is 2. The maximum absolute atomic E-state index is 9.85. The number of phenols is 2. The van der Waals surface area contributed by atoms with E-state index in [1.165, 1.54) is 11.1 Å². The van der Waals surface area contributed by atoms with Crippen LogP contribution in [0.1, 0.15) is 35.2 Å². The van der Waals surface area contributed by atoms with Crippen LogP contribution >= 0.6 is 0 Å². The molecule has 1 unspecified atom stereocenters. The summed E-state index contributed by atoms with van der Waals surface area (Å²) in [4.78, 5) is 0. The second kappa shape index (κ2) is 5.89. The largest absolute Gasteiger partial charge is 0.504 e. The van der Waals surface area contributed by atoms with E-state index >= 15 is 0 Å². The van der Waals surface area contributed by atoms with Crippen LogP contribution in [0.15, 0.2) is 30.3 Å². The van der Waals surface area contributed by atoms with Gasteiger partial charge in [0.05, 0.1) is 13.2 Å². The van der Waals surface area contributed by atoms with Crippen molar-refractivity contribution in [2.75, 3.05) is 13.7 Å². The molecule has 0 fully saturated rings. The summed E-state index contributed by atoms with van der Waals surface area (Å²) in [5.74, 6) is 0.731. The molecule has 0 saturated heterocycles. The highest BCUT2D eigenvalue weighted by atomic mass is 16.5. The van der Waals surface area contributed by atoms with Crippen LogP contribution < -0.4 is 10.1 Å². The van der Waals surface area contributed by atoms with E-state index in [1.807, 2.05) is 6.07 Å². The van der Waals surface area contributed by atoms with Crippen LogP contribution in [-0.4, -0.2) is 23.9 Å². The molecule has 4 heteroatoms. The lowest BCUT2D eigenvalue weighted by atomic mass is 9.86. The average molecular weight is 299 g/mol. The Balaban J connectivity index is 2.09. The van der Waals surface area contributed by atoms with Gasteiger partial charge in [0.1, 0.15) is 5.75 Å². The van der Waals surface area contributed by atoms with Crippen molar-refractivity contribution in [3.05, 3.63) is 52.6 Å². The average Bonchev–Trinajstić information content (AvgIpc) is 2.55. The van der Waals surface area contributed by atoms with Gasteiger partial charge in [0.25, 0.3) is 0 Å². The van der Waals surface area contributed by atoms with E-state index in [-0.39, 0.29) is 17.5 Å². The molecule has 3 N–H and O–H groups in total. The molecule has 0 saturated carbocycles. The van der Waals surface area contributed by atoms with Crippen molar-refractivity contribution in [3.63, 3.8) is 0 Å². The van der Waals surface area contributed by atoms with Gasteiger partial charge in [-0.15, -0.1) is 0 Å². The number of fused-ring (bicyclic) bond motifs is 1. The smallest absolute Gasteiger partial charge is 0.157 e. The van der Waals surface area contributed by atoms with Crippen molar-refractivity contribution in [1.29, 1.82) is 0 Å². The molecule has 0 spiro atoms. The van der Waals surface area contributed by atoms with E-state index in [2.05, 4.69) is 24.4 Å². The number of aryl methyl sites for hydroxylation is 1. The Bertz CT molecular complexity index is 697. The lowest BCUT2D eigenvalue weighted by Crippen LogP contribution is -2.31. The number of aromatic hydroxyl groups is 2. The van der Waals surface area contributed by atoms with Crippen LogP contribution in [0.2, 0.25) is 0 Å². The minimum atomic E-state index is -0.0704. The number of hydrogen-bond acceptors (Lipinski definition) is 4. The Morgan fingerprint density at radius 3 is 2.64 bits per heavy atom. The molecule has 1 atom stereocenters. The molecule has 4 nitrogen and oxygen atoms in total. The quantitative estimate of drug-likeness (QED) is 0.763. The first-order valence-corrected chi connectivity index (χ1v) is 7.59. The fourth-order valence-corrected chi connectivity index (χ4v) is 3.16. The molecule has 0 amide bonds. The monoisotopic (exact) mass is 299 g/mol.